The maximum atomic E-state index is 13.0. The molecule has 0 aromatic heterocycles. The van der Waals surface area contributed by atoms with Gasteiger partial charge in [-0.3, -0.25) is 4.79 Å². The van der Waals surface area contributed by atoms with Crippen LogP contribution in [0.1, 0.15) is 40.7 Å². The Kier molecular flexibility index (Phi) is 6.70. The lowest BCUT2D eigenvalue weighted by molar-refractivity contribution is 0.0687. The fraction of sp³-hybridized carbons (Fsp3) is 0.409. The summed E-state index contributed by atoms with van der Waals surface area (Å²) in [6.45, 7) is 5.31. The normalized spacial score (nSPS) is 15.5. The number of halogens is 1. The number of hydrogen-bond acceptors (Lipinski definition) is 3. The van der Waals surface area contributed by atoms with E-state index in [0.717, 1.165) is 30.4 Å². The van der Waals surface area contributed by atoms with E-state index in [1.54, 1.807) is 17.9 Å². The number of rotatable bonds is 6. The summed E-state index contributed by atoms with van der Waals surface area (Å²) in [5, 5.41) is 0. The molecule has 29 heavy (non-hydrogen) atoms. The third-order valence-electron chi connectivity index (χ3n) is 5.47. The number of piperidine rings is 1. The molecule has 5 nitrogen and oxygen atoms in total. The predicted octanol–water partition coefficient (Wildman–Crippen LogP) is 3.66. The molecule has 1 heterocycles. The molecule has 1 fully saturated rings. The van der Waals surface area contributed by atoms with Crippen molar-refractivity contribution >= 4 is 15.9 Å². The van der Waals surface area contributed by atoms with Crippen LogP contribution < -0.4 is 4.72 Å². The smallest absolute Gasteiger partial charge is 0.253 e. The van der Waals surface area contributed by atoms with Crippen molar-refractivity contribution in [2.24, 2.45) is 5.92 Å². The summed E-state index contributed by atoms with van der Waals surface area (Å²) in [7, 11) is -3.52. The second-order valence-corrected chi connectivity index (χ2v) is 9.43. The minimum absolute atomic E-state index is 0.0842. The van der Waals surface area contributed by atoms with Crippen LogP contribution in [0.4, 0.5) is 4.39 Å². The molecule has 7 heteroatoms. The molecular formula is C22H27FN2O3S. The minimum atomic E-state index is -3.52. The molecule has 0 bridgehead atoms. The molecule has 0 unspecified atom stereocenters. The molecule has 0 saturated carbocycles. The van der Waals surface area contributed by atoms with Crippen molar-refractivity contribution in [1.29, 1.82) is 0 Å². The molecule has 0 atom stereocenters. The van der Waals surface area contributed by atoms with Crippen molar-refractivity contribution in [2.75, 3.05) is 19.6 Å². The number of carbonyl (C=O) groups excluding carboxylic acids is 1. The molecule has 2 aromatic rings. The zero-order valence-corrected chi connectivity index (χ0v) is 17.6. The van der Waals surface area contributed by atoms with Gasteiger partial charge in [0.15, 0.2) is 0 Å². The van der Waals surface area contributed by atoms with Crippen LogP contribution in [-0.4, -0.2) is 38.9 Å². The van der Waals surface area contributed by atoms with Gasteiger partial charge in [0.05, 0.1) is 4.90 Å². The number of likely N-dealkylation sites (tertiary alicyclic amines) is 1. The van der Waals surface area contributed by atoms with Crippen LogP contribution >= 0.6 is 0 Å². The van der Waals surface area contributed by atoms with Crippen LogP contribution in [0.3, 0.4) is 0 Å². The maximum absolute atomic E-state index is 13.0. The average Bonchev–Trinajstić information content (AvgIpc) is 2.70. The van der Waals surface area contributed by atoms with E-state index in [9.17, 15) is 17.6 Å². The van der Waals surface area contributed by atoms with Crippen LogP contribution in [-0.2, 0) is 10.0 Å². The Balaban J connectivity index is 1.48. The SMILES string of the molecule is Cc1ccc(C)c(S(=O)(=O)NCCC2CCN(C(=O)c3ccc(F)cc3)CC2)c1. The molecule has 1 saturated heterocycles. The van der Waals surface area contributed by atoms with Crippen molar-refractivity contribution in [3.8, 4) is 0 Å². The summed E-state index contributed by atoms with van der Waals surface area (Å²) in [5.74, 6) is -0.0729. The molecule has 2 aromatic carbocycles. The Morgan fingerprint density at radius 1 is 1.10 bits per heavy atom. The number of nitrogens with zero attached hydrogens (tertiary/aromatic N) is 1. The number of sulfonamides is 1. The lowest BCUT2D eigenvalue weighted by Gasteiger charge is -2.32. The van der Waals surface area contributed by atoms with Crippen LogP contribution in [0, 0.1) is 25.6 Å². The first kappa shape index (κ1) is 21.5. The van der Waals surface area contributed by atoms with Crippen molar-refractivity contribution in [3.05, 3.63) is 65.0 Å². The van der Waals surface area contributed by atoms with Gasteiger partial charge in [-0.25, -0.2) is 17.5 Å². The van der Waals surface area contributed by atoms with E-state index in [1.807, 2.05) is 19.1 Å². The predicted molar refractivity (Wildman–Crippen MR) is 111 cm³/mol. The molecule has 1 aliphatic rings. The fourth-order valence-electron chi connectivity index (χ4n) is 3.67. The molecule has 1 aliphatic heterocycles. The lowest BCUT2D eigenvalue weighted by atomic mass is 9.93. The number of benzene rings is 2. The molecular weight excluding hydrogens is 391 g/mol. The molecule has 156 valence electrons. The first-order valence-corrected chi connectivity index (χ1v) is 11.4. The Morgan fingerprint density at radius 2 is 1.76 bits per heavy atom. The number of hydrogen-bond donors (Lipinski definition) is 1. The third-order valence-corrected chi connectivity index (χ3v) is 7.07. The average molecular weight is 419 g/mol. The highest BCUT2D eigenvalue weighted by atomic mass is 32.2. The zero-order valence-electron chi connectivity index (χ0n) is 16.8. The van der Waals surface area contributed by atoms with Gasteiger partial charge in [-0.15, -0.1) is 0 Å². The molecule has 0 spiro atoms. The van der Waals surface area contributed by atoms with Crippen molar-refractivity contribution < 1.29 is 17.6 Å². The zero-order chi connectivity index (χ0) is 21.0. The van der Waals surface area contributed by atoms with E-state index in [4.69, 9.17) is 0 Å². The van der Waals surface area contributed by atoms with Crippen LogP contribution in [0.5, 0.6) is 0 Å². The Labute approximate surface area is 172 Å². The molecule has 0 radical (unpaired) electrons. The summed E-state index contributed by atoms with van der Waals surface area (Å²) in [4.78, 5) is 14.6. The van der Waals surface area contributed by atoms with Crippen molar-refractivity contribution in [3.63, 3.8) is 0 Å². The van der Waals surface area contributed by atoms with Gasteiger partial charge in [-0.05, 0) is 80.5 Å². The lowest BCUT2D eigenvalue weighted by Crippen LogP contribution is -2.39. The maximum Gasteiger partial charge on any atom is 0.253 e. The van der Waals surface area contributed by atoms with Gasteiger partial charge in [0.25, 0.3) is 5.91 Å². The van der Waals surface area contributed by atoms with E-state index in [-0.39, 0.29) is 11.7 Å². The molecule has 1 amide bonds. The third kappa shape index (κ3) is 5.42. The van der Waals surface area contributed by atoms with Crippen LogP contribution in [0.15, 0.2) is 47.4 Å². The largest absolute Gasteiger partial charge is 0.339 e. The monoisotopic (exact) mass is 418 g/mol. The summed E-state index contributed by atoms with van der Waals surface area (Å²) in [5.41, 5.74) is 2.14. The van der Waals surface area contributed by atoms with E-state index in [2.05, 4.69) is 4.72 Å². The minimum Gasteiger partial charge on any atom is -0.339 e. The highest BCUT2D eigenvalue weighted by molar-refractivity contribution is 7.89. The Bertz CT molecular complexity index is 966. The van der Waals surface area contributed by atoms with Crippen LogP contribution in [0.25, 0.3) is 0 Å². The Hall–Kier alpha value is -2.25. The van der Waals surface area contributed by atoms with Gasteiger partial charge in [-0.1, -0.05) is 12.1 Å². The van der Waals surface area contributed by atoms with Gasteiger partial charge in [-0.2, -0.15) is 0 Å². The first-order chi connectivity index (χ1) is 13.8. The standard InChI is InChI=1S/C22H27FN2O3S/c1-16-3-4-17(2)21(15-16)29(27,28)24-12-9-18-10-13-25(14-11-18)22(26)19-5-7-20(23)8-6-19/h3-8,15,18,24H,9-14H2,1-2H3. The van der Waals surface area contributed by atoms with Gasteiger partial charge in [0.2, 0.25) is 10.0 Å². The topological polar surface area (TPSA) is 66.5 Å². The summed E-state index contributed by atoms with van der Waals surface area (Å²) in [6.07, 6.45) is 2.40. The van der Waals surface area contributed by atoms with Crippen molar-refractivity contribution in [1.82, 2.24) is 9.62 Å². The highest BCUT2D eigenvalue weighted by Crippen LogP contribution is 2.22. The van der Waals surface area contributed by atoms with Gasteiger partial charge >= 0.3 is 0 Å². The van der Waals surface area contributed by atoms with Gasteiger partial charge in [0, 0.05) is 25.2 Å². The van der Waals surface area contributed by atoms with Crippen LogP contribution in [0.2, 0.25) is 0 Å². The van der Waals surface area contributed by atoms with Crippen molar-refractivity contribution in [2.45, 2.75) is 38.0 Å². The second-order valence-electron chi connectivity index (χ2n) is 7.70. The number of nitrogens with one attached hydrogen (secondary N) is 1. The Morgan fingerprint density at radius 3 is 2.41 bits per heavy atom. The summed E-state index contributed by atoms with van der Waals surface area (Å²) < 4.78 is 40.9. The van der Waals surface area contributed by atoms with E-state index in [1.165, 1.54) is 24.3 Å². The number of amides is 1. The summed E-state index contributed by atoms with van der Waals surface area (Å²) in [6, 6.07) is 11.0. The second kappa shape index (κ2) is 9.05. The number of carbonyl (C=O) groups is 1. The quantitative estimate of drug-likeness (QED) is 0.779. The van der Waals surface area contributed by atoms with E-state index >= 15 is 0 Å². The number of aryl methyl sites for hydroxylation is 2. The molecule has 3 rings (SSSR count). The van der Waals surface area contributed by atoms with Gasteiger partial charge in [0.1, 0.15) is 5.82 Å². The summed E-state index contributed by atoms with van der Waals surface area (Å²) >= 11 is 0. The molecule has 0 aliphatic carbocycles. The fourth-order valence-corrected chi connectivity index (χ4v) is 5.05. The van der Waals surface area contributed by atoms with Gasteiger partial charge < -0.3 is 4.90 Å². The van der Waals surface area contributed by atoms with E-state index < -0.39 is 10.0 Å². The van der Waals surface area contributed by atoms with E-state index in [0.29, 0.717) is 36.0 Å². The highest BCUT2D eigenvalue weighted by Gasteiger charge is 2.24. The first-order valence-electron chi connectivity index (χ1n) is 9.88. The molecule has 1 N–H and O–H groups in total.